The molecule has 1 aromatic carbocycles. The van der Waals surface area contributed by atoms with Gasteiger partial charge in [-0.1, -0.05) is 17.4 Å². The van der Waals surface area contributed by atoms with Gasteiger partial charge in [-0.3, -0.25) is 4.79 Å². The molecule has 2 aromatic rings. The Kier molecular flexibility index (Phi) is 10.1. The zero-order valence-corrected chi connectivity index (χ0v) is 22.1. The molecule has 1 aliphatic heterocycles. The summed E-state index contributed by atoms with van der Waals surface area (Å²) < 4.78 is 60.3. The molecule has 2 heterocycles. The summed E-state index contributed by atoms with van der Waals surface area (Å²) in [6.07, 6.45) is 1.79. The van der Waals surface area contributed by atoms with Crippen molar-refractivity contribution in [2.45, 2.75) is 45.3 Å². The summed E-state index contributed by atoms with van der Waals surface area (Å²) in [6, 6.07) is 3.12. The van der Waals surface area contributed by atoms with Gasteiger partial charge in [-0.25, -0.2) is 26.5 Å². The van der Waals surface area contributed by atoms with E-state index >= 15 is 0 Å². The molecule has 36 heavy (non-hydrogen) atoms. The van der Waals surface area contributed by atoms with Crippen LogP contribution in [0.2, 0.25) is 0 Å². The average molecular weight is 546 g/mol. The number of nitrogens with two attached hydrogens (primary N) is 1. The predicted octanol–water partition coefficient (Wildman–Crippen LogP) is 2.85. The molecule has 3 rings (SSSR count). The second kappa shape index (κ2) is 12.9. The number of piperidine rings is 1. The van der Waals surface area contributed by atoms with Crippen LogP contribution in [0.25, 0.3) is 0 Å². The van der Waals surface area contributed by atoms with E-state index in [2.05, 4.69) is 15.6 Å². The van der Waals surface area contributed by atoms with Crippen LogP contribution in [0.3, 0.4) is 0 Å². The lowest BCUT2D eigenvalue weighted by Gasteiger charge is -2.31. The lowest BCUT2D eigenvalue weighted by Crippen LogP contribution is -2.43. The van der Waals surface area contributed by atoms with Crippen molar-refractivity contribution in [2.75, 3.05) is 49.6 Å². The Morgan fingerprint density at radius 1 is 1.25 bits per heavy atom. The molecule has 1 aromatic heterocycles. The number of hydrogen-bond donors (Lipinski definition) is 3. The van der Waals surface area contributed by atoms with Crippen LogP contribution >= 0.6 is 11.3 Å². The first kappa shape index (κ1) is 28.4. The van der Waals surface area contributed by atoms with E-state index in [1.165, 1.54) is 10.4 Å². The van der Waals surface area contributed by atoms with Crippen LogP contribution in [0, 0.1) is 11.6 Å². The smallest absolute Gasteiger partial charge is 0.214 e. The van der Waals surface area contributed by atoms with Gasteiger partial charge in [0.2, 0.25) is 15.8 Å². The highest BCUT2D eigenvalue weighted by molar-refractivity contribution is 7.89. The maximum Gasteiger partial charge on any atom is 0.214 e. The standard InChI is InChI=1S/C23H33F2N5O4S2/c1-15(2)34-13-10-27-9-4-14-36(32,33)30-11-7-16(8-12-30)28-23-29-22(26)21(35-23)20(31)19-17(24)5-3-6-18(19)25/h3,5-6,15-16,27H,4,7-14,26H2,1-2H3,(H,28,29). The molecule has 200 valence electrons. The minimum Gasteiger partial charge on any atom is -0.382 e. The number of ether oxygens (including phenoxy) is 1. The van der Waals surface area contributed by atoms with E-state index in [-0.39, 0.29) is 28.6 Å². The molecule has 1 fully saturated rings. The Morgan fingerprint density at radius 2 is 1.92 bits per heavy atom. The summed E-state index contributed by atoms with van der Waals surface area (Å²) in [5, 5.41) is 6.70. The second-order valence-electron chi connectivity index (χ2n) is 8.82. The summed E-state index contributed by atoms with van der Waals surface area (Å²) >= 11 is 0.923. The highest BCUT2D eigenvalue weighted by atomic mass is 32.2. The first-order chi connectivity index (χ1) is 17.1. The number of aromatic nitrogens is 1. The zero-order valence-electron chi connectivity index (χ0n) is 20.4. The van der Waals surface area contributed by atoms with Crippen molar-refractivity contribution in [3.8, 4) is 0 Å². The Morgan fingerprint density at radius 3 is 2.56 bits per heavy atom. The van der Waals surface area contributed by atoms with Crippen LogP contribution in [0.4, 0.5) is 19.7 Å². The van der Waals surface area contributed by atoms with Crippen LogP contribution in [0.5, 0.6) is 0 Å². The van der Waals surface area contributed by atoms with E-state index in [1.807, 2.05) is 13.8 Å². The van der Waals surface area contributed by atoms with Crippen molar-refractivity contribution in [1.29, 1.82) is 0 Å². The second-order valence-corrected chi connectivity index (χ2v) is 11.9. The molecule has 13 heteroatoms. The molecule has 0 saturated carbocycles. The fraction of sp³-hybridized carbons (Fsp3) is 0.565. The van der Waals surface area contributed by atoms with Crippen LogP contribution < -0.4 is 16.4 Å². The maximum atomic E-state index is 14.0. The van der Waals surface area contributed by atoms with E-state index in [9.17, 15) is 22.0 Å². The fourth-order valence-electron chi connectivity index (χ4n) is 3.84. The van der Waals surface area contributed by atoms with Crippen molar-refractivity contribution in [1.82, 2.24) is 14.6 Å². The Balaban J connectivity index is 1.47. The maximum absolute atomic E-state index is 14.0. The van der Waals surface area contributed by atoms with Gasteiger partial charge in [-0.15, -0.1) is 0 Å². The van der Waals surface area contributed by atoms with Crippen LogP contribution in [-0.4, -0.2) is 74.2 Å². The molecule has 0 spiro atoms. The molecular formula is C23H33F2N5O4S2. The van der Waals surface area contributed by atoms with Gasteiger partial charge in [-0.05, 0) is 51.8 Å². The Labute approximate surface area is 214 Å². The highest BCUT2D eigenvalue weighted by Crippen LogP contribution is 2.30. The third-order valence-corrected chi connectivity index (χ3v) is 8.67. The number of nitrogens with zero attached hydrogens (tertiary/aromatic N) is 2. The summed E-state index contributed by atoms with van der Waals surface area (Å²) in [5.41, 5.74) is 5.19. The third kappa shape index (κ3) is 7.65. The molecule has 1 saturated heterocycles. The summed E-state index contributed by atoms with van der Waals surface area (Å²) in [5.74, 6) is -2.83. The SMILES string of the molecule is CC(C)OCCNCCCS(=O)(=O)N1CCC(Nc2nc(N)c(C(=O)c3c(F)cccc3F)s2)CC1. The predicted molar refractivity (Wildman–Crippen MR) is 137 cm³/mol. The quantitative estimate of drug-likeness (QED) is 0.259. The number of rotatable bonds is 13. The molecule has 0 atom stereocenters. The van der Waals surface area contributed by atoms with Crippen molar-refractivity contribution < 1.29 is 26.7 Å². The fourth-order valence-corrected chi connectivity index (χ4v) is 6.28. The van der Waals surface area contributed by atoms with Crippen molar-refractivity contribution >= 4 is 38.1 Å². The summed E-state index contributed by atoms with van der Waals surface area (Å²) in [6.45, 7) is 6.52. The van der Waals surface area contributed by atoms with Gasteiger partial charge in [0.15, 0.2) is 5.13 Å². The van der Waals surface area contributed by atoms with E-state index in [0.29, 0.717) is 57.2 Å². The largest absolute Gasteiger partial charge is 0.382 e. The van der Waals surface area contributed by atoms with Crippen LogP contribution in [0.15, 0.2) is 18.2 Å². The van der Waals surface area contributed by atoms with E-state index in [0.717, 1.165) is 23.5 Å². The van der Waals surface area contributed by atoms with Crippen LogP contribution in [0.1, 0.15) is 48.3 Å². The summed E-state index contributed by atoms with van der Waals surface area (Å²) in [4.78, 5) is 16.7. The Hall–Kier alpha value is -2.19. The molecule has 4 N–H and O–H groups in total. The van der Waals surface area contributed by atoms with Crippen LogP contribution in [-0.2, 0) is 14.8 Å². The number of ketones is 1. The molecule has 0 amide bonds. The number of sulfonamides is 1. The molecule has 0 unspecified atom stereocenters. The number of nitrogen functional groups attached to an aromatic ring is 1. The van der Waals surface area contributed by atoms with Crippen molar-refractivity contribution in [3.63, 3.8) is 0 Å². The van der Waals surface area contributed by atoms with Gasteiger partial charge in [-0.2, -0.15) is 0 Å². The molecule has 1 aliphatic rings. The highest BCUT2D eigenvalue weighted by Gasteiger charge is 2.29. The normalized spacial score (nSPS) is 15.5. The van der Waals surface area contributed by atoms with Gasteiger partial charge in [0, 0.05) is 25.7 Å². The number of carbonyl (C=O) groups is 1. The number of nitrogens with one attached hydrogen (secondary N) is 2. The van der Waals surface area contributed by atoms with Gasteiger partial charge in [0.1, 0.15) is 22.3 Å². The number of halogens is 2. The molecule has 0 bridgehead atoms. The molecule has 0 radical (unpaired) electrons. The number of hydrogen-bond acceptors (Lipinski definition) is 9. The third-order valence-electron chi connectivity index (χ3n) is 5.71. The Bertz CT molecular complexity index is 1120. The van der Waals surface area contributed by atoms with Gasteiger partial charge < -0.3 is 21.1 Å². The first-order valence-electron chi connectivity index (χ1n) is 11.9. The van der Waals surface area contributed by atoms with Crippen molar-refractivity contribution in [3.05, 3.63) is 40.3 Å². The summed E-state index contributed by atoms with van der Waals surface area (Å²) in [7, 11) is -3.35. The number of anilines is 2. The van der Waals surface area contributed by atoms with E-state index in [4.69, 9.17) is 10.5 Å². The monoisotopic (exact) mass is 545 g/mol. The van der Waals surface area contributed by atoms with E-state index in [1.54, 1.807) is 0 Å². The molecule has 9 nitrogen and oxygen atoms in total. The number of benzene rings is 1. The van der Waals surface area contributed by atoms with E-state index < -0.39 is 33.0 Å². The molecular weight excluding hydrogens is 512 g/mol. The van der Waals surface area contributed by atoms with Gasteiger partial charge in [0.05, 0.1) is 24.0 Å². The first-order valence-corrected chi connectivity index (χ1v) is 14.3. The minimum absolute atomic E-state index is 0.0501. The van der Waals surface area contributed by atoms with Gasteiger partial charge >= 0.3 is 0 Å². The zero-order chi connectivity index (χ0) is 26.3. The number of carbonyl (C=O) groups excluding carboxylic acids is 1. The lowest BCUT2D eigenvalue weighted by atomic mass is 10.1. The topological polar surface area (TPSA) is 127 Å². The molecule has 0 aliphatic carbocycles. The average Bonchev–Trinajstić information content (AvgIpc) is 3.18. The minimum atomic E-state index is -3.35. The van der Waals surface area contributed by atoms with Crippen molar-refractivity contribution in [2.24, 2.45) is 0 Å². The lowest BCUT2D eigenvalue weighted by molar-refractivity contribution is 0.0809. The number of thiazole rings is 1. The van der Waals surface area contributed by atoms with Gasteiger partial charge in [0.25, 0.3) is 0 Å².